The summed E-state index contributed by atoms with van der Waals surface area (Å²) in [7, 11) is -3.61. The van der Waals surface area contributed by atoms with Gasteiger partial charge < -0.3 is 5.32 Å². The van der Waals surface area contributed by atoms with Crippen molar-refractivity contribution in [3.63, 3.8) is 0 Å². The molecule has 110 valence electrons. The smallest absolute Gasteiger partial charge is 0.241 e. The fourth-order valence-corrected chi connectivity index (χ4v) is 3.37. The molecule has 1 amide bonds. The lowest BCUT2D eigenvalue weighted by Crippen LogP contribution is -2.42. The van der Waals surface area contributed by atoms with E-state index in [0.29, 0.717) is 0 Å². The van der Waals surface area contributed by atoms with Crippen LogP contribution >= 0.6 is 0 Å². The van der Waals surface area contributed by atoms with Gasteiger partial charge in [-0.25, -0.2) is 13.1 Å². The highest BCUT2D eigenvalue weighted by Gasteiger charge is 2.18. The van der Waals surface area contributed by atoms with Crippen LogP contribution in [0.1, 0.15) is 32.1 Å². The van der Waals surface area contributed by atoms with Crippen molar-refractivity contribution < 1.29 is 13.2 Å². The number of nitrogens with one attached hydrogen (secondary N) is 2. The molecule has 0 aliphatic heterocycles. The third-order valence-corrected chi connectivity index (χ3v) is 4.86. The topological polar surface area (TPSA) is 75.3 Å². The SMILES string of the molecule is O=C(CNS(=O)(=O)c1ccccc1)NC1CCCCC1. The molecule has 1 aromatic carbocycles. The van der Waals surface area contributed by atoms with Crippen molar-refractivity contribution >= 4 is 15.9 Å². The maximum atomic E-state index is 11.9. The molecule has 1 aliphatic rings. The quantitative estimate of drug-likeness (QED) is 0.862. The summed E-state index contributed by atoms with van der Waals surface area (Å²) in [5, 5.41) is 2.88. The highest BCUT2D eigenvalue weighted by molar-refractivity contribution is 7.89. The van der Waals surface area contributed by atoms with Crippen LogP contribution in [0, 0.1) is 0 Å². The fraction of sp³-hybridized carbons (Fsp3) is 0.500. The van der Waals surface area contributed by atoms with Gasteiger partial charge in [0.1, 0.15) is 0 Å². The predicted molar refractivity (Wildman–Crippen MR) is 76.6 cm³/mol. The summed E-state index contributed by atoms with van der Waals surface area (Å²) in [4.78, 5) is 11.9. The zero-order valence-electron chi connectivity index (χ0n) is 11.3. The molecule has 1 aliphatic carbocycles. The molecule has 1 fully saturated rings. The molecule has 0 heterocycles. The Morgan fingerprint density at radius 1 is 1.10 bits per heavy atom. The molecule has 0 atom stereocenters. The van der Waals surface area contributed by atoms with Gasteiger partial charge in [0.05, 0.1) is 11.4 Å². The van der Waals surface area contributed by atoms with Crippen LogP contribution in [0.3, 0.4) is 0 Å². The number of sulfonamides is 1. The second kappa shape index (κ2) is 6.85. The van der Waals surface area contributed by atoms with Crippen LogP contribution in [-0.2, 0) is 14.8 Å². The molecule has 6 heteroatoms. The third kappa shape index (κ3) is 4.31. The number of hydrogen-bond acceptors (Lipinski definition) is 3. The van der Waals surface area contributed by atoms with Crippen molar-refractivity contribution in [2.75, 3.05) is 6.54 Å². The zero-order chi connectivity index (χ0) is 14.4. The third-order valence-electron chi connectivity index (χ3n) is 3.45. The van der Waals surface area contributed by atoms with Crippen LogP contribution in [0.4, 0.5) is 0 Å². The first kappa shape index (κ1) is 15.0. The Balaban J connectivity index is 1.83. The number of rotatable bonds is 5. The van der Waals surface area contributed by atoms with Crippen molar-refractivity contribution in [2.45, 2.75) is 43.0 Å². The van der Waals surface area contributed by atoms with E-state index in [0.717, 1.165) is 25.7 Å². The molecule has 0 spiro atoms. The molecule has 1 aromatic rings. The van der Waals surface area contributed by atoms with Gasteiger partial charge in [-0.05, 0) is 25.0 Å². The van der Waals surface area contributed by atoms with Gasteiger partial charge in [0, 0.05) is 6.04 Å². The summed E-state index contributed by atoms with van der Waals surface area (Å²) in [5.41, 5.74) is 0. The molecule has 0 saturated heterocycles. The minimum atomic E-state index is -3.61. The van der Waals surface area contributed by atoms with E-state index < -0.39 is 10.0 Å². The molecule has 0 aromatic heterocycles. The summed E-state index contributed by atoms with van der Waals surface area (Å²) in [6.45, 7) is -0.215. The lowest BCUT2D eigenvalue weighted by atomic mass is 9.95. The van der Waals surface area contributed by atoms with E-state index >= 15 is 0 Å². The maximum absolute atomic E-state index is 11.9. The number of benzene rings is 1. The highest BCUT2D eigenvalue weighted by atomic mass is 32.2. The van der Waals surface area contributed by atoms with Crippen molar-refractivity contribution in [2.24, 2.45) is 0 Å². The normalized spacial score (nSPS) is 16.8. The lowest BCUT2D eigenvalue weighted by molar-refractivity contribution is -0.120. The van der Waals surface area contributed by atoms with Crippen LogP contribution in [0.2, 0.25) is 0 Å². The van der Waals surface area contributed by atoms with E-state index in [9.17, 15) is 13.2 Å². The van der Waals surface area contributed by atoms with Gasteiger partial charge >= 0.3 is 0 Å². The highest BCUT2D eigenvalue weighted by Crippen LogP contribution is 2.17. The Kier molecular flexibility index (Phi) is 5.14. The Morgan fingerprint density at radius 2 is 1.75 bits per heavy atom. The molecular formula is C14H20N2O3S. The van der Waals surface area contributed by atoms with Crippen LogP contribution in [0.25, 0.3) is 0 Å². The van der Waals surface area contributed by atoms with E-state index in [2.05, 4.69) is 10.0 Å². The Morgan fingerprint density at radius 3 is 2.40 bits per heavy atom. The van der Waals surface area contributed by atoms with Crippen molar-refractivity contribution in [3.05, 3.63) is 30.3 Å². The number of hydrogen-bond donors (Lipinski definition) is 2. The van der Waals surface area contributed by atoms with Crippen molar-refractivity contribution in [1.82, 2.24) is 10.0 Å². The molecule has 2 rings (SSSR count). The zero-order valence-corrected chi connectivity index (χ0v) is 12.2. The Hall–Kier alpha value is -1.40. The van der Waals surface area contributed by atoms with Crippen LogP contribution < -0.4 is 10.0 Å². The van der Waals surface area contributed by atoms with Gasteiger partial charge in [-0.1, -0.05) is 37.5 Å². The molecular weight excluding hydrogens is 276 g/mol. The van der Waals surface area contributed by atoms with Gasteiger partial charge in [-0.2, -0.15) is 0 Å². The molecule has 0 bridgehead atoms. The van der Waals surface area contributed by atoms with Gasteiger partial charge in [0.2, 0.25) is 15.9 Å². The van der Waals surface area contributed by atoms with E-state index in [4.69, 9.17) is 0 Å². The molecule has 5 nitrogen and oxygen atoms in total. The second-order valence-electron chi connectivity index (χ2n) is 5.04. The molecule has 0 unspecified atom stereocenters. The van der Waals surface area contributed by atoms with Gasteiger partial charge in [0.15, 0.2) is 0 Å². The summed E-state index contributed by atoms with van der Waals surface area (Å²) < 4.78 is 26.2. The van der Waals surface area contributed by atoms with Gasteiger partial charge in [0.25, 0.3) is 0 Å². The molecule has 1 saturated carbocycles. The summed E-state index contributed by atoms with van der Waals surface area (Å²) in [6, 6.07) is 8.24. The first-order valence-electron chi connectivity index (χ1n) is 6.92. The van der Waals surface area contributed by atoms with Crippen LogP contribution in [-0.4, -0.2) is 26.9 Å². The van der Waals surface area contributed by atoms with E-state index in [1.54, 1.807) is 18.2 Å². The number of amides is 1. The Labute approximate surface area is 119 Å². The average Bonchev–Trinajstić information content (AvgIpc) is 2.47. The summed E-state index contributed by atoms with van der Waals surface area (Å²) in [6.07, 6.45) is 5.43. The van der Waals surface area contributed by atoms with E-state index in [1.807, 2.05) is 0 Å². The van der Waals surface area contributed by atoms with Gasteiger partial charge in [-0.3, -0.25) is 4.79 Å². The molecule has 2 N–H and O–H groups in total. The van der Waals surface area contributed by atoms with E-state index in [1.165, 1.54) is 18.6 Å². The first-order valence-corrected chi connectivity index (χ1v) is 8.40. The molecule has 0 radical (unpaired) electrons. The fourth-order valence-electron chi connectivity index (χ4n) is 2.37. The number of carbonyl (C=O) groups excluding carboxylic acids is 1. The van der Waals surface area contributed by atoms with Crippen molar-refractivity contribution in [3.8, 4) is 0 Å². The second-order valence-corrected chi connectivity index (χ2v) is 6.81. The largest absolute Gasteiger partial charge is 0.352 e. The maximum Gasteiger partial charge on any atom is 0.241 e. The van der Waals surface area contributed by atoms with Crippen LogP contribution in [0.5, 0.6) is 0 Å². The predicted octanol–water partition coefficient (Wildman–Crippen LogP) is 1.41. The molecule has 20 heavy (non-hydrogen) atoms. The monoisotopic (exact) mass is 296 g/mol. The summed E-state index contributed by atoms with van der Waals surface area (Å²) in [5.74, 6) is -0.267. The lowest BCUT2D eigenvalue weighted by Gasteiger charge is -2.22. The minimum absolute atomic E-state index is 0.172. The average molecular weight is 296 g/mol. The number of carbonyl (C=O) groups is 1. The first-order chi connectivity index (χ1) is 9.58. The van der Waals surface area contributed by atoms with Crippen molar-refractivity contribution in [1.29, 1.82) is 0 Å². The van der Waals surface area contributed by atoms with E-state index in [-0.39, 0.29) is 23.4 Å². The summed E-state index contributed by atoms with van der Waals surface area (Å²) >= 11 is 0. The standard InChI is InChI=1S/C14H20N2O3S/c17-14(16-12-7-3-1-4-8-12)11-15-20(18,19)13-9-5-2-6-10-13/h2,5-6,9-10,12,15H,1,3-4,7-8,11H2,(H,16,17). The van der Waals surface area contributed by atoms with Gasteiger partial charge in [-0.15, -0.1) is 0 Å². The van der Waals surface area contributed by atoms with Crippen LogP contribution in [0.15, 0.2) is 35.2 Å². The minimum Gasteiger partial charge on any atom is -0.352 e. The Bertz CT molecular complexity index is 537.